The number of ether oxygens (including phenoxy) is 1. The van der Waals surface area contributed by atoms with Gasteiger partial charge in [-0.3, -0.25) is 19.2 Å². The first-order valence-corrected chi connectivity index (χ1v) is 39.6. The maximum atomic E-state index is 14.0. The highest BCUT2D eigenvalue weighted by Gasteiger charge is 2.44. The zero-order valence-electron chi connectivity index (χ0n) is 61.9. The third-order valence-electron chi connectivity index (χ3n) is 19.1. The molecule has 8 aromatic rings. The second-order valence-electron chi connectivity index (χ2n) is 29.6. The minimum Gasteiger partial charge on any atom is -0.494 e. The van der Waals surface area contributed by atoms with Crippen molar-refractivity contribution in [2.24, 2.45) is 23.7 Å². The minimum absolute atomic E-state index is 0.0194. The van der Waals surface area contributed by atoms with Crippen molar-refractivity contribution in [1.29, 1.82) is 0 Å². The molecule has 0 bridgehead atoms. The van der Waals surface area contributed by atoms with Crippen molar-refractivity contribution in [1.82, 2.24) is 44.1 Å². The van der Waals surface area contributed by atoms with Crippen LogP contribution in [0.25, 0.3) is 16.8 Å². The predicted octanol–water partition coefficient (Wildman–Crippen LogP) is 12.7. The Morgan fingerprint density at radius 2 is 1.17 bits per heavy atom. The second-order valence-corrected chi connectivity index (χ2v) is 34.5. The first kappa shape index (κ1) is 81.1. The van der Waals surface area contributed by atoms with Gasteiger partial charge in [0.05, 0.1) is 34.9 Å². The van der Waals surface area contributed by atoms with Gasteiger partial charge in [0.15, 0.2) is 14.9 Å². The molecule has 33 heteroatoms. The number of hydrogen-bond donors (Lipinski definition) is 6. The molecule has 3 saturated heterocycles. The molecule has 0 saturated carbocycles. The van der Waals surface area contributed by atoms with Gasteiger partial charge in [0.2, 0.25) is 0 Å². The Balaban J connectivity index is 0.000000174. The maximum absolute atomic E-state index is 14.0. The molecule has 0 radical (unpaired) electrons. The molecule has 12 rings (SSSR count). The van der Waals surface area contributed by atoms with Gasteiger partial charge in [0, 0.05) is 60.4 Å². The van der Waals surface area contributed by atoms with Gasteiger partial charge in [-0.2, -0.15) is 30.0 Å². The summed E-state index contributed by atoms with van der Waals surface area (Å²) in [4.78, 5) is 81.2. The molecular formula is C76H87F5N14O11S3. The number of anilines is 6. The van der Waals surface area contributed by atoms with Crippen LogP contribution in [0.1, 0.15) is 150 Å². The van der Waals surface area contributed by atoms with Crippen LogP contribution in [0.5, 0.6) is 5.75 Å². The van der Waals surface area contributed by atoms with Crippen molar-refractivity contribution >= 4 is 88.1 Å². The van der Waals surface area contributed by atoms with Crippen molar-refractivity contribution in [2.75, 3.05) is 52.0 Å². The molecule has 25 nitrogen and oxygen atoms in total. The quantitative estimate of drug-likeness (QED) is 0.0435. The van der Waals surface area contributed by atoms with Crippen LogP contribution in [0.4, 0.5) is 56.7 Å². The zero-order chi connectivity index (χ0) is 79.5. The summed E-state index contributed by atoms with van der Waals surface area (Å²) < 4.78 is 157. The summed E-state index contributed by atoms with van der Waals surface area (Å²) in [5, 5.41) is 1.54. The highest BCUT2D eigenvalue weighted by Crippen LogP contribution is 2.44. The maximum Gasteiger partial charge on any atom is 0.392 e. The van der Waals surface area contributed by atoms with Gasteiger partial charge in [-0.25, -0.2) is 56.3 Å². The van der Waals surface area contributed by atoms with E-state index < -0.39 is 97.7 Å². The summed E-state index contributed by atoms with van der Waals surface area (Å²) in [6.07, 6.45) is 4.24. The van der Waals surface area contributed by atoms with E-state index in [1.807, 2.05) is 74.3 Å². The van der Waals surface area contributed by atoms with E-state index in [9.17, 15) is 66.4 Å². The molecule has 109 heavy (non-hydrogen) atoms. The van der Waals surface area contributed by atoms with E-state index in [2.05, 4.69) is 79.2 Å². The number of halogens is 5. The second kappa shape index (κ2) is 32.0. The largest absolute Gasteiger partial charge is 0.494 e. The van der Waals surface area contributed by atoms with E-state index in [4.69, 9.17) is 15.5 Å². The summed E-state index contributed by atoms with van der Waals surface area (Å²) in [5.74, 6) is -3.02. The minimum atomic E-state index is -4.41. The number of nitrogen functional groups attached to an aromatic ring is 1. The Bertz CT molecular complexity index is 5220. The van der Waals surface area contributed by atoms with Crippen molar-refractivity contribution < 1.29 is 66.3 Å². The molecule has 0 spiro atoms. The third kappa shape index (κ3) is 19.0. The Morgan fingerprint density at radius 3 is 1.71 bits per heavy atom. The number of nitrogens with zero attached hydrogens (tertiary/aromatic N) is 8. The number of amides is 3. The van der Waals surface area contributed by atoms with Crippen LogP contribution in [-0.4, -0.2) is 122 Å². The summed E-state index contributed by atoms with van der Waals surface area (Å²) in [7, 11) is -13.2. The zero-order valence-corrected chi connectivity index (χ0v) is 64.4. The van der Waals surface area contributed by atoms with Gasteiger partial charge in [0.25, 0.3) is 53.4 Å². The Morgan fingerprint density at radius 1 is 0.624 bits per heavy atom. The first-order valence-electron chi connectivity index (χ1n) is 35.2. The number of para-hydroxylation sites is 1. The normalized spacial score (nSPS) is 18.8. The number of carbonyl (C=O) groups is 3. The lowest BCUT2D eigenvalue weighted by Crippen LogP contribution is -2.41. The lowest BCUT2D eigenvalue weighted by atomic mass is 9.86. The van der Waals surface area contributed by atoms with Crippen LogP contribution in [0.3, 0.4) is 0 Å². The molecule has 2 aromatic carbocycles. The lowest BCUT2D eigenvalue weighted by molar-refractivity contribution is -0.175. The number of H-pyrrole nitrogens is 1. The van der Waals surface area contributed by atoms with Crippen molar-refractivity contribution in [2.45, 2.75) is 152 Å². The van der Waals surface area contributed by atoms with Crippen LogP contribution >= 0.6 is 0 Å². The molecule has 3 amide bonds. The molecule has 1 aliphatic carbocycles. The highest BCUT2D eigenvalue weighted by molar-refractivity contribution is 7.90. The van der Waals surface area contributed by atoms with Gasteiger partial charge in [-0.15, -0.1) is 0 Å². The number of aromatic nitrogens is 6. The number of aromatic amines is 1. The van der Waals surface area contributed by atoms with Crippen molar-refractivity contribution in [3.8, 4) is 17.0 Å². The molecular weight excluding hydrogens is 1480 g/mol. The molecule has 6 aromatic heterocycles. The fourth-order valence-electron chi connectivity index (χ4n) is 14.5. The van der Waals surface area contributed by atoms with Crippen LogP contribution in [0, 0.1) is 42.2 Å². The van der Waals surface area contributed by atoms with Gasteiger partial charge in [-0.05, 0) is 225 Å². The molecule has 3 fully saturated rings. The van der Waals surface area contributed by atoms with E-state index in [-0.39, 0.29) is 64.2 Å². The molecule has 580 valence electrons. The Kier molecular flexibility index (Phi) is 23.8. The topological polar surface area (TPSA) is 344 Å². The first-order chi connectivity index (χ1) is 51.1. The molecule has 9 heterocycles. The van der Waals surface area contributed by atoms with Crippen LogP contribution < -0.4 is 50.2 Å². The van der Waals surface area contributed by atoms with Gasteiger partial charge >= 0.3 is 6.18 Å². The standard InChI is InChI=1S/C27H32N4O5S.C25H30F3N5O3S.C24H25F2N5O3S/c1-6-36-20-13-17(2)12-19(14-20)22-10-9-21(24(29-22)31-16-18(3)15-27(31,4)5)25(32)30-37(34,35)23-8-7-11-28-26(23)33;1-15-12-24(2,3)33(14-15)22-19(23(34)32-37(35,36)21-6-4-5-20(29)31-21)11-17(13-30-22)16-7-9-18(10-8-16)25(26,27)28;1-15-13-24(2,3)31(14-15)22-16(7-6-12-27-22)23(32)30-35(33,34)20-11-5-10-19(28-20)29-21-17(25)8-4-9-18(21)26/h7-14,18H,6,15-16H2,1-5H3,(H,28,33)(H,30,32);4-7,11,13,15,18H,8-10,12,14H2,1-3H3,(H2,29,31)(H,32,34);4-12,15H,13-14H2,1-3H3,(H,28,29)(H,30,32)/t18-;;/m0../s1. The van der Waals surface area contributed by atoms with E-state index in [1.165, 1.54) is 72.9 Å². The number of rotatable bonds is 18. The summed E-state index contributed by atoms with van der Waals surface area (Å²) in [6.45, 7) is 25.0. The smallest absolute Gasteiger partial charge is 0.392 e. The van der Waals surface area contributed by atoms with E-state index >= 15 is 0 Å². The number of sulfonamides is 3. The van der Waals surface area contributed by atoms with Gasteiger partial charge in [-0.1, -0.05) is 45.0 Å². The van der Waals surface area contributed by atoms with E-state index in [0.29, 0.717) is 78.3 Å². The van der Waals surface area contributed by atoms with Gasteiger partial charge in [0.1, 0.15) is 52.2 Å². The number of hydrogen-bond acceptors (Lipinski definition) is 21. The average Bonchev–Trinajstić information content (AvgIpc) is 1.71. The van der Waals surface area contributed by atoms with Crippen molar-refractivity contribution in [3.63, 3.8) is 0 Å². The lowest BCUT2D eigenvalue weighted by Gasteiger charge is -2.34. The molecule has 3 aliphatic heterocycles. The number of nitrogens with one attached hydrogen (secondary N) is 5. The SMILES string of the molecule is CC1CN(c2ncc(C3=CCC(C(F)(F)F)CC3)cc2C(=O)NS(=O)(=O)c2cccc(N)n2)C(C)(C)C1.CC1CN(c2ncccc2C(=O)NS(=O)(=O)c2cccc(Nc3c(F)cccc3F)n2)C(C)(C)C1.CCOc1cc(C)cc(-c2ccc(C(=O)NS(=O)(=O)c3ccc[nH]c3=O)c(N3C[C@@H](C)CC3(C)C)n2)c1. The van der Waals surface area contributed by atoms with Crippen LogP contribution in [-0.2, 0) is 30.1 Å². The Hall–Kier alpha value is -10.4. The van der Waals surface area contributed by atoms with Crippen LogP contribution in [0.15, 0.2) is 160 Å². The summed E-state index contributed by atoms with van der Waals surface area (Å²) in [5.41, 5.74) is 7.24. The van der Waals surface area contributed by atoms with Crippen LogP contribution in [0.2, 0.25) is 0 Å². The number of nitrogens with two attached hydrogens (primary N) is 1. The molecule has 4 aliphatic rings. The van der Waals surface area contributed by atoms with Crippen molar-refractivity contribution in [3.05, 3.63) is 190 Å². The molecule has 4 atom stereocenters. The number of carbonyl (C=O) groups excluding carboxylic acids is 3. The summed E-state index contributed by atoms with van der Waals surface area (Å²) in [6, 6.07) is 27.4. The molecule has 7 N–H and O–H groups in total. The van der Waals surface area contributed by atoms with E-state index in [0.717, 1.165) is 54.3 Å². The summed E-state index contributed by atoms with van der Waals surface area (Å²) >= 11 is 0. The van der Waals surface area contributed by atoms with E-state index in [1.54, 1.807) is 30.6 Å². The number of alkyl halides is 3. The van der Waals surface area contributed by atoms with Gasteiger partial charge < -0.3 is 35.5 Å². The Labute approximate surface area is 630 Å². The predicted molar refractivity (Wildman–Crippen MR) is 405 cm³/mol. The monoisotopic (exact) mass is 1560 g/mol. The fourth-order valence-corrected chi connectivity index (χ4v) is 17.4. The third-order valence-corrected chi connectivity index (χ3v) is 23.0. The number of aryl methyl sites for hydroxylation is 1. The number of pyridine rings is 6. The average molecular weight is 1560 g/mol. The molecule has 3 unspecified atom stereocenters. The number of benzene rings is 2. The number of allylic oxidation sites excluding steroid dienone is 2. The fraction of sp³-hybridized carbons (Fsp3) is 0.382. The highest BCUT2D eigenvalue weighted by atomic mass is 32.2.